The lowest BCUT2D eigenvalue weighted by Gasteiger charge is -1.97. The van der Waals surface area contributed by atoms with Gasteiger partial charge in [-0.05, 0) is 12.5 Å². The molecular weight excluding hydrogens is 302 g/mol. The number of nitro benzene ring substituents is 1. The van der Waals surface area contributed by atoms with Crippen molar-refractivity contribution in [2.24, 2.45) is 0 Å². The van der Waals surface area contributed by atoms with Crippen molar-refractivity contribution in [1.29, 1.82) is 0 Å². The molecule has 1 aromatic carbocycles. The van der Waals surface area contributed by atoms with Crippen LogP contribution in [0.2, 0.25) is 5.02 Å². The highest BCUT2D eigenvalue weighted by Crippen LogP contribution is 2.27. The van der Waals surface area contributed by atoms with Gasteiger partial charge >= 0.3 is 5.97 Å². The molecule has 9 heteroatoms. The number of carbonyl (C=O) groups is 1. The van der Waals surface area contributed by atoms with Gasteiger partial charge in [0.05, 0.1) is 4.92 Å². The number of aliphatic carboxylic acids is 1. The number of carboxylic acid groups (broad SMARTS) is 1. The second-order valence-electron chi connectivity index (χ2n) is 4.20. The number of rotatable bonds is 6. The van der Waals surface area contributed by atoms with Crippen LogP contribution in [0.1, 0.15) is 18.7 Å². The van der Waals surface area contributed by atoms with Gasteiger partial charge in [-0.2, -0.15) is 0 Å². The fourth-order valence-electron chi connectivity index (χ4n) is 1.67. The van der Waals surface area contributed by atoms with Crippen molar-refractivity contribution in [3.63, 3.8) is 0 Å². The molecule has 0 fully saturated rings. The predicted molar refractivity (Wildman–Crippen MR) is 72.0 cm³/mol. The summed E-state index contributed by atoms with van der Waals surface area (Å²) >= 11 is 5.81. The summed E-state index contributed by atoms with van der Waals surface area (Å²) in [6, 6.07) is 3.97. The van der Waals surface area contributed by atoms with E-state index in [-0.39, 0.29) is 28.9 Å². The van der Waals surface area contributed by atoms with E-state index in [0.29, 0.717) is 18.4 Å². The zero-order chi connectivity index (χ0) is 15.4. The summed E-state index contributed by atoms with van der Waals surface area (Å²) in [4.78, 5) is 20.6. The Bertz CT molecular complexity index is 685. The number of halogens is 1. The fourth-order valence-corrected chi connectivity index (χ4v) is 1.89. The largest absolute Gasteiger partial charge is 0.481 e. The zero-order valence-electron chi connectivity index (χ0n) is 10.7. The van der Waals surface area contributed by atoms with E-state index in [9.17, 15) is 14.9 Å². The molecule has 8 nitrogen and oxygen atoms in total. The van der Waals surface area contributed by atoms with Crippen molar-refractivity contribution in [3.05, 3.63) is 39.2 Å². The highest BCUT2D eigenvalue weighted by Gasteiger charge is 2.15. The Labute approximate surface area is 123 Å². The van der Waals surface area contributed by atoms with Crippen LogP contribution < -0.4 is 0 Å². The molecular formula is C12H10ClN3O5. The smallest absolute Gasteiger partial charge is 0.303 e. The maximum absolute atomic E-state index is 10.8. The van der Waals surface area contributed by atoms with E-state index in [1.807, 2.05) is 0 Å². The topological polar surface area (TPSA) is 119 Å². The summed E-state index contributed by atoms with van der Waals surface area (Å²) in [5, 5.41) is 27.1. The second kappa shape index (κ2) is 6.31. The van der Waals surface area contributed by atoms with E-state index >= 15 is 0 Å². The summed E-state index contributed by atoms with van der Waals surface area (Å²) < 4.78 is 5.34. The lowest BCUT2D eigenvalue weighted by Crippen LogP contribution is -1.95. The normalized spacial score (nSPS) is 10.5. The summed E-state index contributed by atoms with van der Waals surface area (Å²) in [7, 11) is 0. The Morgan fingerprint density at radius 3 is 2.81 bits per heavy atom. The standard InChI is InChI=1S/C12H10ClN3O5/c13-8-4-7(5-9(6-8)16(19)20)12-15-14-10(21-12)2-1-3-11(17)18/h4-6H,1-3H2,(H,17,18). The maximum atomic E-state index is 10.8. The Balaban J connectivity index is 2.17. The molecule has 2 aromatic rings. The van der Waals surface area contributed by atoms with Crippen LogP contribution >= 0.6 is 11.6 Å². The molecule has 0 aliphatic rings. The molecule has 0 saturated heterocycles. The Hall–Kier alpha value is -2.48. The minimum absolute atomic E-state index is 0.000347. The minimum atomic E-state index is -0.903. The number of nitrogens with zero attached hydrogens (tertiary/aromatic N) is 3. The molecule has 0 bridgehead atoms. The molecule has 2 rings (SSSR count). The number of aromatic nitrogens is 2. The van der Waals surface area contributed by atoms with Gasteiger partial charge in [-0.15, -0.1) is 10.2 Å². The van der Waals surface area contributed by atoms with Gasteiger partial charge in [0, 0.05) is 35.6 Å². The number of carboxylic acids is 1. The molecule has 1 N–H and O–H groups in total. The summed E-state index contributed by atoms with van der Waals surface area (Å²) in [5.41, 5.74) is 0.161. The van der Waals surface area contributed by atoms with Gasteiger partial charge in [-0.25, -0.2) is 0 Å². The van der Waals surface area contributed by atoms with Crippen LogP contribution in [-0.2, 0) is 11.2 Å². The third kappa shape index (κ3) is 3.99. The van der Waals surface area contributed by atoms with Crippen LogP contribution in [0.3, 0.4) is 0 Å². The van der Waals surface area contributed by atoms with Crippen molar-refractivity contribution in [3.8, 4) is 11.5 Å². The molecule has 1 aromatic heterocycles. The summed E-state index contributed by atoms with van der Waals surface area (Å²) in [6.07, 6.45) is 0.689. The molecule has 0 aliphatic heterocycles. The fraction of sp³-hybridized carbons (Fsp3) is 0.250. The molecule has 0 spiro atoms. The zero-order valence-corrected chi connectivity index (χ0v) is 11.4. The van der Waals surface area contributed by atoms with Gasteiger partial charge in [0.15, 0.2) is 0 Å². The van der Waals surface area contributed by atoms with Crippen LogP contribution in [0.4, 0.5) is 5.69 Å². The SMILES string of the molecule is O=C(O)CCCc1nnc(-c2cc(Cl)cc([N+](=O)[O-])c2)o1. The lowest BCUT2D eigenvalue weighted by molar-refractivity contribution is -0.384. The number of aryl methyl sites for hydroxylation is 1. The quantitative estimate of drug-likeness (QED) is 0.643. The number of benzene rings is 1. The van der Waals surface area contributed by atoms with E-state index in [2.05, 4.69) is 10.2 Å². The molecule has 0 unspecified atom stereocenters. The average Bonchev–Trinajstić information content (AvgIpc) is 2.86. The first-order valence-electron chi connectivity index (χ1n) is 5.95. The Morgan fingerprint density at radius 2 is 2.14 bits per heavy atom. The van der Waals surface area contributed by atoms with Crippen LogP contribution in [0, 0.1) is 10.1 Å². The first-order valence-corrected chi connectivity index (χ1v) is 6.33. The van der Waals surface area contributed by atoms with E-state index in [1.165, 1.54) is 18.2 Å². The van der Waals surface area contributed by atoms with Crippen molar-refractivity contribution >= 4 is 23.3 Å². The van der Waals surface area contributed by atoms with Crippen LogP contribution in [-0.4, -0.2) is 26.2 Å². The Kier molecular flexibility index (Phi) is 4.49. The van der Waals surface area contributed by atoms with Gasteiger partial charge in [-0.3, -0.25) is 14.9 Å². The van der Waals surface area contributed by atoms with Crippen molar-refractivity contribution in [1.82, 2.24) is 10.2 Å². The number of hydrogen-bond acceptors (Lipinski definition) is 6. The van der Waals surface area contributed by atoms with Crippen molar-refractivity contribution in [2.75, 3.05) is 0 Å². The molecule has 0 saturated carbocycles. The molecule has 0 amide bonds. The first kappa shape index (κ1) is 14.9. The lowest BCUT2D eigenvalue weighted by atomic mass is 10.2. The molecule has 0 atom stereocenters. The first-order chi connectivity index (χ1) is 9.95. The highest BCUT2D eigenvalue weighted by molar-refractivity contribution is 6.31. The van der Waals surface area contributed by atoms with Gasteiger partial charge in [0.25, 0.3) is 5.69 Å². The molecule has 0 aliphatic carbocycles. The van der Waals surface area contributed by atoms with Gasteiger partial charge in [0.1, 0.15) is 0 Å². The predicted octanol–water partition coefficient (Wildman–Crippen LogP) is 2.71. The second-order valence-corrected chi connectivity index (χ2v) is 4.64. The Morgan fingerprint density at radius 1 is 1.38 bits per heavy atom. The number of nitro groups is 1. The van der Waals surface area contributed by atoms with E-state index in [1.54, 1.807) is 0 Å². The van der Waals surface area contributed by atoms with Gasteiger partial charge < -0.3 is 9.52 Å². The van der Waals surface area contributed by atoms with E-state index < -0.39 is 10.9 Å². The van der Waals surface area contributed by atoms with E-state index in [4.69, 9.17) is 21.1 Å². The summed E-state index contributed by atoms with van der Waals surface area (Å²) in [5.74, 6) is -0.528. The van der Waals surface area contributed by atoms with Gasteiger partial charge in [-0.1, -0.05) is 11.6 Å². The average molecular weight is 312 g/mol. The molecule has 21 heavy (non-hydrogen) atoms. The highest BCUT2D eigenvalue weighted by atomic mass is 35.5. The van der Waals surface area contributed by atoms with Crippen molar-refractivity contribution < 1.29 is 19.2 Å². The monoisotopic (exact) mass is 311 g/mol. The van der Waals surface area contributed by atoms with Gasteiger partial charge in [0.2, 0.25) is 11.8 Å². The van der Waals surface area contributed by atoms with Crippen LogP contribution in [0.15, 0.2) is 22.6 Å². The van der Waals surface area contributed by atoms with Crippen molar-refractivity contribution in [2.45, 2.75) is 19.3 Å². The number of hydrogen-bond donors (Lipinski definition) is 1. The molecule has 110 valence electrons. The number of non-ortho nitro benzene ring substituents is 1. The molecule has 1 heterocycles. The third-order valence-corrected chi connectivity index (χ3v) is 2.81. The third-order valence-electron chi connectivity index (χ3n) is 2.59. The maximum Gasteiger partial charge on any atom is 0.303 e. The van der Waals surface area contributed by atoms with Crippen LogP contribution in [0.5, 0.6) is 0 Å². The minimum Gasteiger partial charge on any atom is -0.481 e. The van der Waals surface area contributed by atoms with E-state index in [0.717, 1.165) is 0 Å². The molecule has 0 radical (unpaired) electrons. The summed E-state index contributed by atoms with van der Waals surface area (Å²) in [6.45, 7) is 0. The van der Waals surface area contributed by atoms with Crippen LogP contribution in [0.25, 0.3) is 11.5 Å².